The van der Waals surface area contributed by atoms with E-state index in [4.69, 9.17) is 18.9 Å². The van der Waals surface area contributed by atoms with Gasteiger partial charge in [0.1, 0.15) is 18.8 Å². The number of fused-ring (bicyclic) bond motifs is 5. The van der Waals surface area contributed by atoms with E-state index in [1.807, 2.05) is 52.0 Å². The number of para-hydroxylation sites is 1. The van der Waals surface area contributed by atoms with Crippen molar-refractivity contribution in [2.24, 2.45) is 5.41 Å². The normalized spacial score (nSPS) is 29.6. The summed E-state index contributed by atoms with van der Waals surface area (Å²) < 4.78 is 25.0. The first kappa shape index (κ1) is 17.7. The Hall–Kier alpha value is -2.38. The highest BCUT2D eigenvalue weighted by Crippen LogP contribution is 2.48. The summed E-state index contributed by atoms with van der Waals surface area (Å²) >= 11 is 0. The molecule has 0 saturated carbocycles. The van der Waals surface area contributed by atoms with Crippen LogP contribution in [0.5, 0.6) is 0 Å². The lowest BCUT2D eigenvalue weighted by molar-refractivity contribution is -0.151. The van der Waals surface area contributed by atoms with Gasteiger partial charge in [-0.25, -0.2) is 9.59 Å². The fourth-order valence-electron chi connectivity index (χ4n) is 4.51. The first-order chi connectivity index (χ1) is 13.2. The van der Waals surface area contributed by atoms with Crippen LogP contribution >= 0.6 is 0 Å². The predicted molar refractivity (Wildman–Crippen MR) is 98.7 cm³/mol. The zero-order valence-electron chi connectivity index (χ0n) is 16.4. The minimum absolute atomic E-state index is 0.158. The predicted octanol–water partition coefficient (Wildman–Crippen LogP) is 2.96. The van der Waals surface area contributed by atoms with Gasteiger partial charge in [0.25, 0.3) is 0 Å². The largest absolute Gasteiger partial charge is 0.462 e. The quantitative estimate of drug-likeness (QED) is 0.740. The zero-order chi connectivity index (χ0) is 19.8. The van der Waals surface area contributed by atoms with E-state index in [-0.39, 0.29) is 18.8 Å². The maximum atomic E-state index is 13.3. The summed E-state index contributed by atoms with van der Waals surface area (Å²) in [7, 11) is 0. The average molecular weight is 385 g/mol. The Morgan fingerprint density at radius 3 is 2.64 bits per heavy atom. The number of nitrogens with zero attached hydrogens (tertiary/aromatic N) is 1. The van der Waals surface area contributed by atoms with Crippen molar-refractivity contribution in [3.8, 4) is 0 Å². The first-order valence-corrected chi connectivity index (χ1v) is 9.52. The summed E-state index contributed by atoms with van der Waals surface area (Å²) in [5, 5.41) is 0.790. The van der Waals surface area contributed by atoms with Gasteiger partial charge in [0.15, 0.2) is 5.79 Å². The standard InChI is InChI=1S/C21H23NO6/c1-20(2)10-25-19(24)17(20)26-18(23)14-11-7-5-6-8-12(11)22-9-13-16(15(14)22)28-21(3,4)27-13/h5-8,13,16-17H,9-10H2,1-4H3/t13-,16-,17+/m1/s1. The van der Waals surface area contributed by atoms with Crippen LogP contribution in [0.4, 0.5) is 0 Å². The van der Waals surface area contributed by atoms with Crippen LogP contribution in [0.15, 0.2) is 24.3 Å². The van der Waals surface area contributed by atoms with Crippen molar-refractivity contribution in [2.75, 3.05) is 6.61 Å². The van der Waals surface area contributed by atoms with Gasteiger partial charge in [-0.05, 0) is 19.9 Å². The van der Waals surface area contributed by atoms with Gasteiger partial charge in [0, 0.05) is 16.3 Å². The highest BCUT2D eigenvalue weighted by atomic mass is 16.8. The molecule has 0 radical (unpaired) electrons. The van der Waals surface area contributed by atoms with Crippen molar-refractivity contribution in [1.29, 1.82) is 0 Å². The summed E-state index contributed by atoms with van der Waals surface area (Å²) in [6.07, 6.45) is -1.44. The molecule has 3 atom stereocenters. The molecule has 0 unspecified atom stereocenters. The van der Waals surface area contributed by atoms with Crippen molar-refractivity contribution < 1.29 is 28.5 Å². The number of hydrogen-bond acceptors (Lipinski definition) is 6. The van der Waals surface area contributed by atoms with E-state index in [2.05, 4.69) is 4.57 Å². The Labute approximate surface area is 162 Å². The molecule has 7 heteroatoms. The molecule has 7 nitrogen and oxygen atoms in total. The third-order valence-electron chi connectivity index (χ3n) is 5.77. The number of carbonyl (C=O) groups is 2. The third-order valence-corrected chi connectivity index (χ3v) is 5.77. The summed E-state index contributed by atoms with van der Waals surface area (Å²) in [5.74, 6) is -1.75. The smallest absolute Gasteiger partial charge is 0.348 e. The maximum Gasteiger partial charge on any atom is 0.348 e. The monoisotopic (exact) mass is 385 g/mol. The van der Waals surface area contributed by atoms with E-state index in [9.17, 15) is 9.59 Å². The molecular weight excluding hydrogens is 362 g/mol. The molecule has 5 rings (SSSR count). The van der Waals surface area contributed by atoms with Crippen molar-refractivity contribution >= 4 is 22.8 Å². The number of rotatable bonds is 2. The van der Waals surface area contributed by atoms with E-state index < -0.39 is 29.2 Å². The van der Waals surface area contributed by atoms with Crippen LogP contribution in [0.2, 0.25) is 0 Å². The fraction of sp³-hybridized carbons (Fsp3) is 0.524. The van der Waals surface area contributed by atoms with E-state index in [1.165, 1.54) is 0 Å². The number of hydrogen-bond donors (Lipinski definition) is 0. The number of ether oxygens (including phenoxy) is 4. The molecule has 3 aliphatic rings. The topological polar surface area (TPSA) is 76.0 Å². The molecule has 0 amide bonds. The van der Waals surface area contributed by atoms with E-state index >= 15 is 0 Å². The van der Waals surface area contributed by atoms with Crippen LogP contribution in [0.3, 0.4) is 0 Å². The highest BCUT2D eigenvalue weighted by Gasteiger charge is 2.51. The Kier molecular flexibility index (Phi) is 3.53. The zero-order valence-corrected chi connectivity index (χ0v) is 16.4. The van der Waals surface area contributed by atoms with Crippen molar-refractivity contribution in [2.45, 2.75) is 58.3 Å². The molecule has 1 aromatic carbocycles. The van der Waals surface area contributed by atoms with Gasteiger partial charge < -0.3 is 23.5 Å². The van der Waals surface area contributed by atoms with Crippen LogP contribution < -0.4 is 0 Å². The molecule has 0 spiro atoms. The highest BCUT2D eigenvalue weighted by molar-refractivity contribution is 6.07. The molecule has 3 aliphatic heterocycles. The Morgan fingerprint density at radius 1 is 1.18 bits per heavy atom. The second-order valence-electron chi connectivity index (χ2n) is 8.86. The number of benzene rings is 1. The lowest BCUT2D eigenvalue weighted by atomic mass is 9.90. The van der Waals surface area contributed by atoms with Gasteiger partial charge in [-0.2, -0.15) is 0 Å². The second-order valence-corrected chi connectivity index (χ2v) is 8.86. The number of aromatic nitrogens is 1. The van der Waals surface area contributed by atoms with Crippen molar-refractivity contribution in [3.63, 3.8) is 0 Å². The van der Waals surface area contributed by atoms with Crippen LogP contribution in [0, 0.1) is 5.41 Å². The van der Waals surface area contributed by atoms with Crippen molar-refractivity contribution in [1.82, 2.24) is 4.57 Å². The van der Waals surface area contributed by atoms with Crippen molar-refractivity contribution in [3.05, 3.63) is 35.5 Å². The minimum atomic E-state index is -0.927. The minimum Gasteiger partial charge on any atom is -0.462 e. The molecule has 0 N–H and O–H groups in total. The van der Waals surface area contributed by atoms with Gasteiger partial charge >= 0.3 is 11.9 Å². The Bertz CT molecular complexity index is 1000. The Morgan fingerprint density at radius 2 is 1.93 bits per heavy atom. The maximum absolute atomic E-state index is 13.3. The molecular formula is C21H23NO6. The van der Waals surface area contributed by atoms with E-state index in [0.717, 1.165) is 16.6 Å². The number of carbonyl (C=O) groups excluding carboxylic acids is 2. The molecule has 0 bridgehead atoms. The molecule has 0 aliphatic carbocycles. The van der Waals surface area contributed by atoms with Gasteiger partial charge in [-0.1, -0.05) is 32.0 Å². The molecule has 148 valence electrons. The molecule has 2 aromatic rings. The summed E-state index contributed by atoms with van der Waals surface area (Å²) in [5.41, 5.74) is 1.56. The van der Waals surface area contributed by atoms with Crippen LogP contribution in [-0.2, 0) is 30.3 Å². The molecule has 2 fully saturated rings. The molecule has 28 heavy (non-hydrogen) atoms. The summed E-state index contributed by atoms with van der Waals surface area (Å²) in [4.78, 5) is 25.4. The van der Waals surface area contributed by atoms with Crippen LogP contribution in [-0.4, -0.2) is 41.1 Å². The number of esters is 2. The SMILES string of the molecule is CC1(C)O[C@@H]2Cn3c(c(C(=O)O[C@H]4C(=O)OCC4(C)C)c4ccccc43)[C@@H]2O1. The first-order valence-electron chi connectivity index (χ1n) is 9.52. The van der Waals surface area contributed by atoms with E-state index in [1.54, 1.807) is 0 Å². The average Bonchev–Trinajstić information content (AvgIpc) is 3.28. The molecule has 2 saturated heterocycles. The molecule has 1 aromatic heterocycles. The van der Waals surface area contributed by atoms with Crippen LogP contribution in [0.25, 0.3) is 10.9 Å². The fourth-order valence-corrected chi connectivity index (χ4v) is 4.51. The Balaban J connectivity index is 1.60. The summed E-state index contributed by atoms with van der Waals surface area (Å²) in [6, 6.07) is 7.68. The van der Waals surface area contributed by atoms with Gasteiger partial charge in [-0.15, -0.1) is 0 Å². The van der Waals surface area contributed by atoms with Gasteiger partial charge in [-0.3, -0.25) is 0 Å². The lowest BCUT2D eigenvalue weighted by Gasteiger charge is -2.22. The summed E-state index contributed by atoms with van der Waals surface area (Å²) in [6.45, 7) is 8.28. The van der Waals surface area contributed by atoms with Crippen LogP contribution in [0.1, 0.15) is 49.9 Å². The third kappa shape index (κ3) is 2.42. The molecule has 4 heterocycles. The van der Waals surface area contributed by atoms with Gasteiger partial charge in [0.2, 0.25) is 6.10 Å². The second kappa shape index (κ2) is 5.58. The number of cyclic esters (lactones) is 1. The van der Waals surface area contributed by atoms with E-state index in [0.29, 0.717) is 12.1 Å². The van der Waals surface area contributed by atoms with Gasteiger partial charge in [0.05, 0.1) is 17.8 Å². The lowest BCUT2D eigenvalue weighted by Crippen LogP contribution is -2.35.